The van der Waals surface area contributed by atoms with Crippen molar-refractivity contribution >= 4 is 11.9 Å². The smallest absolute Gasteiger partial charge is 0.325 e. The van der Waals surface area contributed by atoms with E-state index in [1.165, 1.54) is 4.68 Å². The molecule has 0 saturated carbocycles. The maximum absolute atomic E-state index is 12.2. The number of hydrogen-bond donors (Lipinski definition) is 1. The predicted molar refractivity (Wildman–Crippen MR) is 84.1 cm³/mol. The summed E-state index contributed by atoms with van der Waals surface area (Å²) in [6.45, 7) is 4.09. The van der Waals surface area contributed by atoms with Crippen LogP contribution in [0.4, 0.5) is 0 Å². The van der Waals surface area contributed by atoms with Crippen LogP contribution >= 0.6 is 0 Å². The van der Waals surface area contributed by atoms with Gasteiger partial charge in [-0.25, -0.2) is 0 Å². The van der Waals surface area contributed by atoms with Gasteiger partial charge in [0.05, 0.1) is 5.69 Å². The maximum Gasteiger partial charge on any atom is 0.325 e. The number of rotatable bonds is 8. The summed E-state index contributed by atoms with van der Waals surface area (Å²) in [5.41, 5.74) is 0.857. The monoisotopic (exact) mass is 323 g/mol. The minimum absolute atomic E-state index is 0.0239. The molecule has 1 amide bonds. The van der Waals surface area contributed by atoms with Crippen molar-refractivity contribution in [1.82, 2.24) is 14.7 Å². The number of piperidine rings is 1. The molecule has 2 heterocycles. The molecule has 1 aromatic rings. The number of carboxylic acids is 1. The zero-order valence-electron chi connectivity index (χ0n) is 13.6. The van der Waals surface area contributed by atoms with E-state index >= 15 is 0 Å². The van der Waals surface area contributed by atoms with E-state index < -0.39 is 5.97 Å². The molecule has 23 heavy (non-hydrogen) atoms. The fourth-order valence-corrected chi connectivity index (χ4v) is 2.76. The molecular weight excluding hydrogens is 298 g/mol. The number of aromatic nitrogens is 2. The Bertz CT molecular complexity index is 529. The molecule has 0 radical (unpaired) electrons. The summed E-state index contributed by atoms with van der Waals surface area (Å²) in [4.78, 5) is 24.7. The van der Waals surface area contributed by atoms with Gasteiger partial charge in [0.1, 0.15) is 13.2 Å². The SMILES string of the molecule is CCCCOCC(=O)N1CCCC(c2ccn(CC(=O)O)n2)C1. The van der Waals surface area contributed by atoms with Gasteiger partial charge in [0, 0.05) is 31.8 Å². The average Bonchev–Trinajstić information content (AvgIpc) is 2.99. The van der Waals surface area contributed by atoms with E-state index in [0.29, 0.717) is 13.2 Å². The van der Waals surface area contributed by atoms with Crippen LogP contribution in [-0.2, 0) is 20.9 Å². The summed E-state index contributed by atoms with van der Waals surface area (Å²) in [5.74, 6) is -0.724. The molecular formula is C16H25N3O4. The Labute approximate surface area is 136 Å². The first kappa shape index (κ1) is 17.5. The number of carboxylic acid groups (broad SMARTS) is 1. The Balaban J connectivity index is 1.86. The van der Waals surface area contributed by atoms with Crippen molar-refractivity contribution in [3.05, 3.63) is 18.0 Å². The van der Waals surface area contributed by atoms with Crippen LogP contribution in [0, 0.1) is 0 Å². The highest BCUT2D eigenvalue weighted by atomic mass is 16.5. The fourth-order valence-electron chi connectivity index (χ4n) is 2.76. The third-order valence-corrected chi connectivity index (χ3v) is 4.02. The summed E-state index contributed by atoms with van der Waals surface area (Å²) in [7, 11) is 0. The Morgan fingerprint density at radius 1 is 1.48 bits per heavy atom. The zero-order valence-corrected chi connectivity index (χ0v) is 13.6. The Kier molecular flexibility index (Phi) is 6.58. The van der Waals surface area contributed by atoms with Gasteiger partial charge in [-0.1, -0.05) is 13.3 Å². The Morgan fingerprint density at radius 2 is 2.30 bits per heavy atom. The second-order valence-corrected chi connectivity index (χ2v) is 5.92. The van der Waals surface area contributed by atoms with Crippen LogP contribution in [-0.4, -0.2) is 58.0 Å². The second-order valence-electron chi connectivity index (χ2n) is 5.92. The van der Waals surface area contributed by atoms with Crippen molar-refractivity contribution in [3.8, 4) is 0 Å². The summed E-state index contributed by atoms with van der Waals surface area (Å²) in [6.07, 6.45) is 5.59. The lowest BCUT2D eigenvalue weighted by Crippen LogP contribution is -2.41. The first-order chi connectivity index (χ1) is 11.1. The Hall–Kier alpha value is -1.89. The number of amides is 1. The van der Waals surface area contributed by atoms with Crippen molar-refractivity contribution in [2.75, 3.05) is 26.3 Å². The van der Waals surface area contributed by atoms with Gasteiger partial charge in [0.15, 0.2) is 0 Å². The molecule has 0 aliphatic carbocycles. The van der Waals surface area contributed by atoms with Gasteiger partial charge < -0.3 is 14.7 Å². The lowest BCUT2D eigenvalue weighted by atomic mass is 9.95. The van der Waals surface area contributed by atoms with Crippen LogP contribution in [0.1, 0.15) is 44.2 Å². The van der Waals surface area contributed by atoms with E-state index in [0.717, 1.165) is 37.9 Å². The zero-order chi connectivity index (χ0) is 16.7. The van der Waals surface area contributed by atoms with Gasteiger partial charge >= 0.3 is 5.97 Å². The van der Waals surface area contributed by atoms with Crippen LogP contribution in [0.5, 0.6) is 0 Å². The van der Waals surface area contributed by atoms with Crippen molar-refractivity contribution in [1.29, 1.82) is 0 Å². The predicted octanol–water partition coefficient (Wildman–Crippen LogP) is 1.49. The topological polar surface area (TPSA) is 84.7 Å². The minimum atomic E-state index is -0.913. The molecule has 0 spiro atoms. The molecule has 128 valence electrons. The van der Waals surface area contributed by atoms with Gasteiger partial charge in [-0.15, -0.1) is 0 Å². The number of carbonyl (C=O) groups is 2. The summed E-state index contributed by atoms with van der Waals surface area (Å²) < 4.78 is 6.82. The quantitative estimate of drug-likeness (QED) is 0.733. The molecule has 0 bridgehead atoms. The first-order valence-electron chi connectivity index (χ1n) is 8.20. The van der Waals surface area contributed by atoms with Gasteiger partial charge in [-0.2, -0.15) is 5.10 Å². The molecule has 1 atom stereocenters. The highest BCUT2D eigenvalue weighted by Crippen LogP contribution is 2.25. The van der Waals surface area contributed by atoms with E-state index in [1.807, 2.05) is 11.0 Å². The van der Waals surface area contributed by atoms with E-state index in [1.54, 1.807) is 6.20 Å². The van der Waals surface area contributed by atoms with E-state index in [2.05, 4.69) is 12.0 Å². The second kappa shape index (κ2) is 8.67. The molecule has 1 aromatic heterocycles. The van der Waals surface area contributed by atoms with Crippen LogP contribution in [0.25, 0.3) is 0 Å². The summed E-state index contributed by atoms with van der Waals surface area (Å²) in [5, 5.41) is 13.1. The highest BCUT2D eigenvalue weighted by molar-refractivity contribution is 5.77. The number of nitrogens with zero attached hydrogens (tertiary/aromatic N) is 3. The molecule has 1 fully saturated rings. The largest absolute Gasteiger partial charge is 0.480 e. The van der Waals surface area contributed by atoms with Crippen LogP contribution < -0.4 is 0 Å². The number of likely N-dealkylation sites (tertiary alicyclic amines) is 1. The van der Waals surface area contributed by atoms with Gasteiger partial charge in [0.25, 0.3) is 0 Å². The first-order valence-corrected chi connectivity index (χ1v) is 8.20. The Morgan fingerprint density at radius 3 is 3.04 bits per heavy atom. The van der Waals surface area contributed by atoms with Crippen molar-refractivity contribution in [3.63, 3.8) is 0 Å². The molecule has 7 heteroatoms. The summed E-state index contributed by atoms with van der Waals surface area (Å²) in [6, 6.07) is 1.85. The van der Waals surface area contributed by atoms with Gasteiger partial charge in [-0.3, -0.25) is 14.3 Å². The minimum Gasteiger partial charge on any atom is -0.480 e. The number of aliphatic carboxylic acids is 1. The van der Waals surface area contributed by atoms with E-state index in [4.69, 9.17) is 9.84 Å². The van der Waals surface area contributed by atoms with Crippen molar-refractivity contribution < 1.29 is 19.4 Å². The molecule has 1 saturated heterocycles. The van der Waals surface area contributed by atoms with Crippen LogP contribution in [0.15, 0.2) is 12.3 Å². The number of unbranched alkanes of at least 4 members (excludes halogenated alkanes) is 1. The standard InChI is InChI=1S/C16H25N3O4/c1-2-3-9-23-12-15(20)18-7-4-5-13(10-18)14-6-8-19(17-14)11-16(21)22/h6,8,13H,2-5,7,9-12H2,1H3,(H,21,22). The molecule has 1 N–H and O–H groups in total. The van der Waals surface area contributed by atoms with Crippen molar-refractivity contribution in [2.24, 2.45) is 0 Å². The normalized spacial score (nSPS) is 18.1. The molecule has 0 aromatic carbocycles. The van der Waals surface area contributed by atoms with Crippen LogP contribution in [0.2, 0.25) is 0 Å². The molecule has 1 aliphatic heterocycles. The summed E-state index contributed by atoms with van der Waals surface area (Å²) >= 11 is 0. The van der Waals surface area contributed by atoms with Gasteiger partial charge in [-0.05, 0) is 25.3 Å². The number of hydrogen-bond acceptors (Lipinski definition) is 4. The number of ether oxygens (including phenoxy) is 1. The van der Waals surface area contributed by atoms with Crippen LogP contribution in [0.3, 0.4) is 0 Å². The fraction of sp³-hybridized carbons (Fsp3) is 0.688. The highest BCUT2D eigenvalue weighted by Gasteiger charge is 2.26. The molecule has 1 unspecified atom stereocenters. The third kappa shape index (κ3) is 5.35. The van der Waals surface area contributed by atoms with Crippen molar-refractivity contribution in [2.45, 2.75) is 45.1 Å². The molecule has 1 aliphatic rings. The number of carbonyl (C=O) groups excluding carboxylic acids is 1. The maximum atomic E-state index is 12.2. The third-order valence-electron chi connectivity index (χ3n) is 4.02. The molecule has 2 rings (SSSR count). The van der Waals surface area contributed by atoms with Gasteiger partial charge in [0.2, 0.25) is 5.91 Å². The lowest BCUT2D eigenvalue weighted by Gasteiger charge is -2.32. The average molecular weight is 323 g/mol. The van der Waals surface area contributed by atoms with E-state index in [-0.39, 0.29) is 25.0 Å². The molecule has 7 nitrogen and oxygen atoms in total. The lowest BCUT2D eigenvalue weighted by molar-refractivity contribution is -0.138. The van der Waals surface area contributed by atoms with E-state index in [9.17, 15) is 9.59 Å².